The molecule has 0 saturated carbocycles. The Bertz CT molecular complexity index is 350. The highest BCUT2D eigenvalue weighted by Gasteiger charge is 2.10. The van der Waals surface area contributed by atoms with Crippen molar-refractivity contribution in [3.05, 3.63) is 28.3 Å². The van der Waals surface area contributed by atoms with E-state index in [4.69, 9.17) is 22.4 Å². The normalized spacial score (nSPS) is 10.0. The van der Waals surface area contributed by atoms with Gasteiger partial charge >= 0.3 is 5.97 Å². The summed E-state index contributed by atoms with van der Waals surface area (Å²) in [6.07, 6.45) is 0.739. The van der Waals surface area contributed by atoms with E-state index in [0.717, 1.165) is 12.0 Å². The number of nitrogens with two attached hydrogens (primary N) is 1. The molecule has 4 heteroatoms. The molecule has 1 rings (SSSR count). The molecule has 0 heterocycles. The van der Waals surface area contributed by atoms with Crippen LogP contribution in [0.15, 0.2) is 12.1 Å². The number of nitrogen functional groups attached to an aromatic ring is 1. The van der Waals surface area contributed by atoms with Crippen LogP contribution in [0.3, 0.4) is 0 Å². The van der Waals surface area contributed by atoms with Gasteiger partial charge in [-0.05, 0) is 24.1 Å². The van der Waals surface area contributed by atoms with Crippen molar-refractivity contribution in [2.24, 2.45) is 0 Å². The fourth-order valence-electron chi connectivity index (χ4n) is 1.09. The van der Waals surface area contributed by atoms with Gasteiger partial charge < -0.3 is 10.8 Å². The molecule has 13 heavy (non-hydrogen) atoms. The first kappa shape index (κ1) is 9.86. The van der Waals surface area contributed by atoms with Crippen molar-refractivity contribution in [3.8, 4) is 0 Å². The average molecular weight is 200 g/mol. The number of hydrogen-bond acceptors (Lipinski definition) is 2. The fraction of sp³-hybridized carbons (Fsp3) is 0.222. The maximum Gasteiger partial charge on any atom is 0.337 e. The van der Waals surface area contributed by atoms with E-state index < -0.39 is 5.97 Å². The standard InChI is InChI=1S/C9H10ClNO2/c1-2-5-3-8(11)6(9(12)13)4-7(5)10/h3-4H,2,11H2,1H3,(H,12,13). The molecule has 3 N–H and O–H groups in total. The number of hydrogen-bond donors (Lipinski definition) is 2. The highest BCUT2D eigenvalue weighted by molar-refractivity contribution is 6.31. The summed E-state index contributed by atoms with van der Waals surface area (Å²) >= 11 is 5.83. The lowest BCUT2D eigenvalue weighted by molar-refractivity contribution is 0.0698. The number of carbonyl (C=O) groups is 1. The summed E-state index contributed by atoms with van der Waals surface area (Å²) in [7, 11) is 0. The van der Waals surface area contributed by atoms with E-state index in [1.807, 2.05) is 6.92 Å². The molecule has 0 spiro atoms. The lowest BCUT2D eigenvalue weighted by Gasteiger charge is -2.05. The molecule has 1 aromatic carbocycles. The maximum atomic E-state index is 10.6. The molecule has 0 radical (unpaired) electrons. The first-order valence-corrected chi connectivity index (χ1v) is 4.25. The van der Waals surface area contributed by atoms with E-state index in [2.05, 4.69) is 0 Å². The number of anilines is 1. The smallest absolute Gasteiger partial charge is 0.337 e. The topological polar surface area (TPSA) is 63.3 Å². The number of benzene rings is 1. The second kappa shape index (κ2) is 3.66. The molecular formula is C9H10ClNO2. The van der Waals surface area contributed by atoms with E-state index in [1.54, 1.807) is 6.07 Å². The Labute approximate surface area is 81.1 Å². The lowest BCUT2D eigenvalue weighted by Crippen LogP contribution is -2.03. The minimum absolute atomic E-state index is 0.0576. The minimum Gasteiger partial charge on any atom is -0.478 e. The van der Waals surface area contributed by atoms with Crippen LogP contribution in [0.2, 0.25) is 5.02 Å². The van der Waals surface area contributed by atoms with Crippen LogP contribution in [-0.4, -0.2) is 11.1 Å². The number of rotatable bonds is 2. The van der Waals surface area contributed by atoms with Gasteiger partial charge in [0.2, 0.25) is 0 Å². The molecule has 0 aliphatic heterocycles. The molecule has 0 aromatic heterocycles. The molecule has 0 aliphatic carbocycles. The van der Waals surface area contributed by atoms with Gasteiger partial charge in [-0.15, -0.1) is 0 Å². The average Bonchev–Trinajstić information content (AvgIpc) is 2.07. The number of carboxylic acid groups (broad SMARTS) is 1. The van der Waals surface area contributed by atoms with Gasteiger partial charge in [0, 0.05) is 10.7 Å². The van der Waals surface area contributed by atoms with Gasteiger partial charge in [-0.25, -0.2) is 4.79 Å². The van der Waals surface area contributed by atoms with Crippen molar-refractivity contribution in [2.75, 3.05) is 5.73 Å². The highest BCUT2D eigenvalue weighted by atomic mass is 35.5. The van der Waals surface area contributed by atoms with Crippen LogP contribution in [0.25, 0.3) is 0 Å². The Morgan fingerprint density at radius 1 is 1.62 bits per heavy atom. The minimum atomic E-state index is -1.05. The molecule has 3 nitrogen and oxygen atoms in total. The SMILES string of the molecule is CCc1cc(N)c(C(=O)O)cc1Cl. The van der Waals surface area contributed by atoms with Crippen molar-refractivity contribution in [2.45, 2.75) is 13.3 Å². The van der Waals surface area contributed by atoms with Gasteiger partial charge in [0.15, 0.2) is 0 Å². The van der Waals surface area contributed by atoms with Crippen molar-refractivity contribution in [1.29, 1.82) is 0 Å². The van der Waals surface area contributed by atoms with Crippen molar-refractivity contribution >= 4 is 23.3 Å². The predicted molar refractivity (Wildman–Crippen MR) is 52.2 cm³/mol. The van der Waals surface area contributed by atoms with E-state index >= 15 is 0 Å². The second-order valence-electron chi connectivity index (χ2n) is 2.69. The third-order valence-electron chi connectivity index (χ3n) is 1.83. The van der Waals surface area contributed by atoms with Gasteiger partial charge in [-0.1, -0.05) is 18.5 Å². The molecule has 0 fully saturated rings. The zero-order valence-corrected chi connectivity index (χ0v) is 7.93. The van der Waals surface area contributed by atoms with Gasteiger partial charge in [0.25, 0.3) is 0 Å². The monoisotopic (exact) mass is 199 g/mol. The van der Waals surface area contributed by atoms with E-state index in [-0.39, 0.29) is 11.3 Å². The Balaban J connectivity index is 3.28. The predicted octanol–water partition coefficient (Wildman–Crippen LogP) is 2.18. The van der Waals surface area contributed by atoms with Crippen LogP contribution in [-0.2, 0) is 6.42 Å². The first-order chi connectivity index (χ1) is 6.06. The fourth-order valence-corrected chi connectivity index (χ4v) is 1.39. The summed E-state index contributed by atoms with van der Waals surface area (Å²) in [6, 6.07) is 2.99. The number of halogens is 1. The molecule has 0 aliphatic rings. The van der Waals surface area contributed by atoms with E-state index in [9.17, 15) is 4.79 Å². The Hall–Kier alpha value is -1.22. The van der Waals surface area contributed by atoms with Gasteiger partial charge in [-0.3, -0.25) is 0 Å². The third kappa shape index (κ3) is 1.92. The third-order valence-corrected chi connectivity index (χ3v) is 2.18. The van der Waals surface area contributed by atoms with Crippen LogP contribution in [0.4, 0.5) is 5.69 Å². The van der Waals surface area contributed by atoms with Gasteiger partial charge in [0.05, 0.1) is 5.56 Å². The van der Waals surface area contributed by atoms with Gasteiger partial charge in [-0.2, -0.15) is 0 Å². The Morgan fingerprint density at radius 3 is 2.69 bits per heavy atom. The summed E-state index contributed by atoms with van der Waals surface area (Å²) in [5.74, 6) is -1.05. The molecule has 0 bridgehead atoms. The summed E-state index contributed by atoms with van der Waals surface area (Å²) in [6.45, 7) is 1.93. The van der Waals surface area contributed by atoms with Crippen molar-refractivity contribution in [1.82, 2.24) is 0 Å². The number of carboxylic acids is 1. The Morgan fingerprint density at radius 2 is 2.23 bits per heavy atom. The van der Waals surface area contributed by atoms with Crippen LogP contribution < -0.4 is 5.73 Å². The second-order valence-corrected chi connectivity index (χ2v) is 3.10. The summed E-state index contributed by atoms with van der Waals surface area (Å²) in [5, 5.41) is 9.17. The number of aromatic carboxylic acids is 1. The molecule has 0 amide bonds. The van der Waals surface area contributed by atoms with Crippen molar-refractivity contribution < 1.29 is 9.90 Å². The Kier molecular flexibility index (Phi) is 2.78. The lowest BCUT2D eigenvalue weighted by atomic mass is 10.1. The van der Waals surface area contributed by atoms with Crippen LogP contribution in [0, 0.1) is 0 Å². The van der Waals surface area contributed by atoms with Crippen LogP contribution in [0.5, 0.6) is 0 Å². The largest absolute Gasteiger partial charge is 0.478 e. The van der Waals surface area contributed by atoms with Gasteiger partial charge in [0.1, 0.15) is 0 Å². The summed E-state index contributed by atoms with van der Waals surface area (Å²) in [4.78, 5) is 10.6. The number of aryl methyl sites for hydroxylation is 1. The molecule has 0 unspecified atom stereocenters. The quantitative estimate of drug-likeness (QED) is 0.718. The van der Waals surface area contributed by atoms with Crippen LogP contribution >= 0.6 is 11.6 Å². The van der Waals surface area contributed by atoms with Crippen LogP contribution in [0.1, 0.15) is 22.8 Å². The molecule has 0 saturated heterocycles. The summed E-state index contributed by atoms with van der Waals surface area (Å²) in [5.41, 5.74) is 6.71. The molecule has 1 aromatic rings. The zero-order valence-electron chi connectivity index (χ0n) is 7.17. The first-order valence-electron chi connectivity index (χ1n) is 3.87. The van der Waals surface area contributed by atoms with Crippen molar-refractivity contribution in [3.63, 3.8) is 0 Å². The van der Waals surface area contributed by atoms with E-state index in [0.29, 0.717) is 5.02 Å². The molecule has 0 atom stereocenters. The van der Waals surface area contributed by atoms with E-state index in [1.165, 1.54) is 6.07 Å². The zero-order chi connectivity index (χ0) is 10.0. The maximum absolute atomic E-state index is 10.6. The highest BCUT2D eigenvalue weighted by Crippen LogP contribution is 2.23. The summed E-state index contributed by atoms with van der Waals surface area (Å²) < 4.78 is 0. The molecule has 70 valence electrons. The molecular weight excluding hydrogens is 190 g/mol.